The summed E-state index contributed by atoms with van der Waals surface area (Å²) in [6.45, 7) is 5.45. The van der Waals surface area contributed by atoms with E-state index in [9.17, 15) is 9.90 Å². The predicted octanol–water partition coefficient (Wildman–Crippen LogP) is 1.86. The number of nitrogens with one attached hydrogen (secondary N) is 1. The highest BCUT2D eigenvalue weighted by atomic mass is 16.5. The average Bonchev–Trinajstić information content (AvgIpc) is 2.39. The van der Waals surface area contributed by atoms with E-state index < -0.39 is 5.54 Å². The Morgan fingerprint density at radius 1 is 1.28 bits per heavy atom. The van der Waals surface area contributed by atoms with Gasteiger partial charge in [-0.05, 0) is 25.7 Å². The van der Waals surface area contributed by atoms with Crippen molar-refractivity contribution in [3.8, 4) is 0 Å². The van der Waals surface area contributed by atoms with Crippen molar-refractivity contribution in [2.75, 3.05) is 19.8 Å². The minimum absolute atomic E-state index is 0.00701. The normalized spacial score (nSPS) is 18.9. The van der Waals surface area contributed by atoms with Crippen molar-refractivity contribution in [1.82, 2.24) is 5.32 Å². The van der Waals surface area contributed by atoms with Crippen molar-refractivity contribution in [3.63, 3.8) is 0 Å². The molecule has 0 saturated carbocycles. The Hall–Kier alpha value is -0.610. The first-order valence-electron chi connectivity index (χ1n) is 7.18. The summed E-state index contributed by atoms with van der Waals surface area (Å²) in [4.78, 5) is 12.3. The largest absolute Gasteiger partial charge is 0.394 e. The molecule has 1 fully saturated rings. The highest BCUT2D eigenvalue weighted by Gasteiger charge is 2.34. The second-order valence-electron chi connectivity index (χ2n) is 5.31. The number of amides is 1. The zero-order chi connectivity index (χ0) is 13.4. The molecule has 0 aliphatic carbocycles. The Kier molecular flexibility index (Phi) is 6.65. The summed E-state index contributed by atoms with van der Waals surface area (Å²) in [7, 11) is 0. The Morgan fingerprint density at radius 2 is 1.83 bits per heavy atom. The molecule has 1 rings (SSSR count). The fourth-order valence-electron chi connectivity index (χ4n) is 2.55. The summed E-state index contributed by atoms with van der Waals surface area (Å²) < 4.78 is 5.30. The molecule has 0 spiro atoms. The topological polar surface area (TPSA) is 58.6 Å². The van der Waals surface area contributed by atoms with E-state index in [1.807, 2.05) is 0 Å². The van der Waals surface area contributed by atoms with Gasteiger partial charge in [0.05, 0.1) is 12.1 Å². The van der Waals surface area contributed by atoms with Gasteiger partial charge in [-0.15, -0.1) is 0 Å². The van der Waals surface area contributed by atoms with Gasteiger partial charge in [0.25, 0.3) is 0 Å². The van der Waals surface area contributed by atoms with Gasteiger partial charge in [0.15, 0.2) is 0 Å². The maximum absolute atomic E-state index is 12.3. The van der Waals surface area contributed by atoms with Crippen molar-refractivity contribution < 1.29 is 14.6 Å². The van der Waals surface area contributed by atoms with Crippen molar-refractivity contribution in [1.29, 1.82) is 0 Å². The second kappa shape index (κ2) is 7.74. The van der Waals surface area contributed by atoms with Crippen LogP contribution in [-0.2, 0) is 9.53 Å². The number of hydrogen-bond donors (Lipinski definition) is 2. The van der Waals surface area contributed by atoms with Gasteiger partial charge >= 0.3 is 0 Å². The molecule has 0 aromatic rings. The summed E-state index contributed by atoms with van der Waals surface area (Å²) in [6.07, 6.45) is 5.32. The van der Waals surface area contributed by atoms with Crippen molar-refractivity contribution in [3.05, 3.63) is 0 Å². The van der Waals surface area contributed by atoms with Crippen LogP contribution < -0.4 is 5.32 Å². The van der Waals surface area contributed by atoms with Gasteiger partial charge < -0.3 is 15.2 Å². The molecule has 4 heteroatoms. The molecular formula is C14H27NO3. The molecule has 18 heavy (non-hydrogen) atoms. The second-order valence-corrected chi connectivity index (χ2v) is 5.31. The maximum Gasteiger partial charge on any atom is 0.223 e. The maximum atomic E-state index is 12.3. The van der Waals surface area contributed by atoms with Crippen LogP contribution in [0.1, 0.15) is 52.4 Å². The Morgan fingerprint density at radius 3 is 2.28 bits per heavy atom. The fraction of sp³-hybridized carbons (Fsp3) is 0.929. The van der Waals surface area contributed by atoms with Gasteiger partial charge in [-0.25, -0.2) is 0 Å². The smallest absolute Gasteiger partial charge is 0.223 e. The molecule has 0 unspecified atom stereocenters. The number of hydrogen-bond acceptors (Lipinski definition) is 3. The van der Waals surface area contributed by atoms with Crippen LogP contribution in [-0.4, -0.2) is 36.4 Å². The van der Waals surface area contributed by atoms with E-state index in [1.54, 1.807) is 0 Å². The third-order valence-electron chi connectivity index (χ3n) is 3.79. The van der Waals surface area contributed by atoms with Crippen LogP contribution in [0.15, 0.2) is 0 Å². The number of carbonyl (C=O) groups excluding carboxylic acids is 1. The summed E-state index contributed by atoms with van der Waals surface area (Å²) >= 11 is 0. The van der Waals surface area contributed by atoms with E-state index >= 15 is 0 Å². The SMILES string of the molecule is CCCC(CCC)C(=O)NC1(CO)CCOCC1. The summed E-state index contributed by atoms with van der Waals surface area (Å²) in [5.41, 5.74) is -0.449. The zero-order valence-electron chi connectivity index (χ0n) is 11.7. The predicted molar refractivity (Wildman–Crippen MR) is 71.3 cm³/mol. The molecule has 0 aromatic carbocycles. The van der Waals surface area contributed by atoms with Crippen LogP contribution >= 0.6 is 0 Å². The number of ether oxygens (including phenoxy) is 1. The molecule has 1 saturated heterocycles. The van der Waals surface area contributed by atoms with E-state index in [4.69, 9.17) is 4.74 Å². The van der Waals surface area contributed by atoms with Gasteiger partial charge in [0.2, 0.25) is 5.91 Å². The Labute approximate surface area is 110 Å². The van der Waals surface area contributed by atoms with E-state index in [-0.39, 0.29) is 18.4 Å². The van der Waals surface area contributed by atoms with E-state index in [0.29, 0.717) is 26.1 Å². The number of rotatable bonds is 7. The summed E-state index contributed by atoms with van der Waals surface area (Å²) in [5.74, 6) is 0.195. The van der Waals surface area contributed by atoms with Gasteiger partial charge in [0.1, 0.15) is 0 Å². The Balaban J connectivity index is 2.58. The van der Waals surface area contributed by atoms with E-state index in [0.717, 1.165) is 25.7 Å². The molecule has 1 aliphatic rings. The van der Waals surface area contributed by atoms with Crippen LogP contribution in [0.3, 0.4) is 0 Å². The minimum Gasteiger partial charge on any atom is -0.394 e. The molecule has 1 aliphatic heterocycles. The quantitative estimate of drug-likeness (QED) is 0.732. The molecule has 1 heterocycles. The van der Waals surface area contributed by atoms with Crippen molar-refractivity contribution in [2.24, 2.45) is 5.92 Å². The molecule has 0 radical (unpaired) electrons. The summed E-state index contributed by atoms with van der Waals surface area (Å²) in [5, 5.41) is 12.6. The lowest BCUT2D eigenvalue weighted by Crippen LogP contribution is -2.56. The van der Waals surface area contributed by atoms with Crippen LogP contribution in [0.4, 0.5) is 0 Å². The lowest BCUT2D eigenvalue weighted by atomic mass is 9.89. The van der Waals surface area contributed by atoms with Crippen LogP contribution in [0.5, 0.6) is 0 Å². The average molecular weight is 257 g/mol. The molecule has 0 bridgehead atoms. The van der Waals surface area contributed by atoms with Crippen molar-refractivity contribution >= 4 is 5.91 Å². The molecule has 106 valence electrons. The van der Waals surface area contributed by atoms with Gasteiger partial charge in [-0.2, -0.15) is 0 Å². The third-order valence-corrected chi connectivity index (χ3v) is 3.79. The van der Waals surface area contributed by atoms with Gasteiger partial charge in [-0.3, -0.25) is 4.79 Å². The first-order valence-corrected chi connectivity index (χ1v) is 7.18. The van der Waals surface area contributed by atoms with Crippen molar-refractivity contribution in [2.45, 2.75) is 57.9 Å². The molecule has 4 nitrogen and oxygen atoms in total. The number of aliphatic hydroxyl groups is 1. The first kappa shape index (κ1) is 15.4. The molecular weight excluding hydrogens is 230 g/mol. The van der Waals surface area contributed by atoms with Gasteiger partial charge in [0, 0.05) is 19.1 Å². The van der Waals surface area contributed by atoms with E-state index in [2.05, 4.69) is 19.2 Å². The zero-order valence-corrected chi connectivity index (χ0v) is 11.7. The lowest BCUT2D eigenvalue weighted by molar-refractivity contribution is -0.129. The highest BCUT2D eigenvalue weighted by molar-refractivity contribution is 5.79. The van der Waals surface area contributed by atoms with Crippen LogP contribution in [0, 0.1) is 5.92 Å². The minimum atomic E-state index is -0.449. The third kappa shape index (κ3) is 4.25. The van der Waals surface area contributed by atoms with Crippen LogP contribution in [0.2, 0.25) is 0 Å². The first-order chi connectivity index (χ1) is 8.67. The summed E-state index contributed by atoms with van der Waals surface area (Å²) in [6, 6.07) is 0. The lowest BCUT2D eigenvalue weighted by Gasteiger charge is -2.37. The number of aliphatic hydroxyl groups excluding tert-OH is 1. The van der Waals surface area contributed by atoms with Crippen LogP contribution in [0.25, 0.3) is 0 Å². The molecule has 2 N–H and O–H groups in total. The molecule has 0 aromatic heterocycles. The molecule has 0 atom stereocenters. The van der Waals surface area contributed by atoms with Gasteiger partial charge in [-0.1, -0.05) is 26.7 Å². The standard InChI is InChI=1S/C14H27NO3/c1-3-5-12(6-4-2)13(17)15-14(11-16)7-9-18-10-8-14/h12,16H,3-11H2,1-2H3,(H,15,17). The highest BCUT2D eigenvalue weighted by Crippen LogP contribution is 2.22. The number of carbonyl (C=O) groups is 1. The molecule has 1 amide bonds. The van der Waals surface area contributed by atoms with E-state index in [1.165, 1.54) is 0 Å². The fourth-order valence-corrected chi connectivity index (χ4v) is 2.55. The Bertz CT molecular complexity index is 243. The monoisotopic (exact) mass is 257 g/mol.